The van der Waals surface area contributed by atoms with Gasteiger partial charge in [-0.1, -0.05) is 0 Å². The molecule has 1 aliphatic heterocycles. The predicted octanol–water partition coefficient (Wildman–Crippen LogP) is -0.384. The highest BCUT2D eigenvalue weighted by atomic mass is 16.6. The molecular formula is C8H12O5. The number of aliphatic hydroxyl groups is 1. The highest BCUT2D eigenvalue weighted by molar-refractivity contribution is 5.73. The summed E-state index contributed by atoms with van der Waals surface area (Å²) in [6.07, 6.45) is -0.905. The maximum Gasteiger partial charge on any atom is 0.309 e. The van der Waals surface area contributed by atoms with Gasteiger partial charge in [0, 0.05) is 6.42 Å². The zero-order valence-electron chi connectivity index (χ0n) is 7.36. The minimum absolute atomic E-state index is 0.0116. The normalized spacial score (nSPS) is 28.0. The van der Waals surface area contributed by atoms with Crippen LogP contribution in [0.2, 0.25) is 0 Å². The van der Waals surface area contributed by atoms with Crippen molar-refractivity contribution in [2.45, 2.75) is 31.5 Å². The molecule has 0 spiro atoms. The number of rotatable bonds is 2. The van der Waals surface area contributed by atoms with Crippen LogP contribution in [-0.4, -0.2) is 36.4 Å². The molecule has 0 aromatic carbocycles. The second-order valence-electron chi connectivity index (χ2n) is 2.99. The third-order valence-corrected chi connectivity index (χ3v) is 1.86. The molecule has 0 unspecified atom stereocenters. The maximum absolute atomic E-state index is 10.8. The molecule has 0 saturated carbocycles. The summed E-state index contributed by atoms with van der Waals surface area (Å²) >= 11 is 0. The topological polar surface area (TPSA) is 72.8 Å². The van der Waals surface area contributed by atoms with Crippen molar-refractivity contribution in [3.05, 3.63) is 0 Å². The monoisotopic (exact) mass is 188 g/mol. The van der Waals surface area contributed by atoms with Crippen LogP contribution in [0.5, 0.6) is 0 Å². The summed E-state index contributed by atoms with van der Waals surface area (Å²) in [6, 6.07) is 0. The third-order valence-electron chi connectivity index (χ3n) is 1.86. The largest absolute Gasteiger partial charge is 0.469 e. The Hall–Kier alpha value is -1.10. The first-order chi connectivity index (χ1) is 6.11. The fourth-order valence-corrected chi connectivity index (χ4v) is 1.26. The second kappa shape index (κ2) is 4.23. The van der Waals surface area contributed by atoms with E-state index in [1.807, 2.05) is 0 Å². The standard InChI is InChI=1S/C8H12O5/c1-12-7(10)4-6-2-5(9)3-8(11)13-6/h5-6,9H,2-4H2,1H3/t5-,6+/m1/s1. The zero-order chi connectivity index (χ0) is 9.84. The SMILES string of the molecule is COC(=O)C[C@@H]1C[C@@H](O)CC(=O)O1. The molecule has 1 saturated heterocycles. The lowest BCUT2D eigenvalue weighted by Gasteiger charge is -2.24. The van der Waals surface area contributed by atoms with Crippen molar-refractivity contribution < 1.29 is 24.2 Å². The van der Waals surface area contributed by atoms with Gasteiger partial charge in [-0.15, -0.1) is 0 Å². The Morgan fingerprint density at radius 1 is 1.77 bits per heavy atom. The lowest BCUT2D eigenvalue weighted by atomic mass is 10.0. The minimum Gasteiger partial charge on any atom is -0.469 e. The van der Waals surface area contributed by atoms with E-state index in [0.29, 0.717) is 6.42 Å². The number of ether oxygens (including phenoxy) is 2. The molecule has 1 rings (SSSR count). The molecule has 0 aromatic rings. The van der Waals surface area contributed by atoms with Crippen LogP contribution in [0.25, 0.3) is 0 Å². The van der Waals surface area contributed by atoms with Crippen molar-refractivity contribution in [2.24, 2.45) is 0 Å². The summed E-state index contributed by atoms with van der Waals surface area (Å²) < 4.78 is 9.24. The summed E-state index contributed by atoms with van der Waals surface area (Å²) in [4.78, 5) is 21.6. The van der Waals surface area contributed by atoms with E-state index in [1.165, 1.54) is 7.11 Å². The molecule has 13 heavy (non-hydrogen) atoms. The summed E-state index contributed by atoms with van der Waals surface area (Å²) in [5, 5.41) is 9.18. The van der Waals surface area contributed by atoms with Gasteiger partial charge in [0.25, 0.3) is 0 Å². The zero-order valence-corrected chi connectivity index (χ0v) is 7.36. The van der Waals surface area contributed by atoms with Crippen LogP contribution in [0.4, 0.5) is 0 Å². The number of carbonyl (C=O) groups excluding carboxylic acids is 2. The van der Waals surface area contributed by atoms with Gasteiger partial charge in [0.05, 0.1) is 26.1 Å². The molecule has 0 aliphatic carbocycles. The van der Waals surface area contributed by atoms with Crippen LogP contribution in [0.1, 0.15) is 19.3 Å². The van der Waals surface area contributed by atoms with Crippen LogP contribution in [0.15, 0.2) is 0 Å². The Balaban J connectivity index is 2.41. The van der Waals surface area contributed by atoms with E-state index in [0.717, 1.165) is 0 Å². The Labute approximate surface area is 75.6 Å². The highest BCUT2D eigenvalue weighted by Crippen LogP contribution is 2.17. The van der Waals surface area contributed by atoms with Crippen LogP contribution >= 0.6 is 0 Å². The molecule has 1 N–H and O–H groups in total. The van der Waals surface area contributed by atoms with Crippen LogP contribution in [0, 0.1) is 0 Å². The van der Waals surface area contributed by atoms with Crippen LogP contribution in [-0.2, 0) is 19.1 Å². The molecule has 0 amide bonds. The summed E-state index contributed by atoms with van der Waals surface area (Å²) in [5.74, 6) is -0.903. The van der Waals surface area contributed by atoms with Gasteiger partial charge in [-0.05, 0) is 0 Å². The number of cyclic esters (lactones) is 1. The molecule has 5 nitrogen and oxygen atoms in total. The van der Waals surface area contributed by atoms with Gasteiger partial charge in [-0.25, -0.2) is 0 Å². The van der Waals surface area contributed by atoms with E-state index in [-0.39, 0.29) is 12.8 Å². The van der Waals surface area contributed by atoms with Crippen molar-refractivity contribution in [2.75, 3.05) is 7.11 Å². The molecule has 0 radical (unpaired) electrons. The number of methoxy groups -OCH3 is 1. The van der Waals surface area contributed by atoms with Crippen molar-refractivity contribution in [3.8, 4) is 0 Å². The minimum atomic E-state index is -0.698. The molecule has 1 heterocycles. The smallest absolute Gasteiger partial charge is 0.309 e. The van der Waals surface area contributed by atoms with E-state index in [4.69, 9.17) is 4.74 Å². The average Bonchev–Trinajstić information content (AvgIpc) is 2.02. The Kier molecular flexibility index (Phi) is 3.25. The lowest BCUT2D eigenvalue weighted by Crippen LogP contribution is -2.34. The molecule has 1 fully saturated rings. The third kappa shape index (κ3) is 3.02. The van der Waals surface area contributed by atoms with Gasteiger partial charge in [-0.2, -0.15) is 0 Å². The van der Waals surface area contributed by atoms with E-state index in [1.54, 1.807) is 0 Å². The lowest BCUT2D eigenvalue weighted by molar-refractivity contribution is -0.163. The highest BCUT2D eigenvalue weighted by Gasteiger charge is 2.28. The number of aliphatic hydroxyl groups excluding tert-OH is 1. The van der Waals surface area contributed by atoms with E-state index in [9.17, 15) is 14.7 Å². The molecule has 0 bridgehead atoms. The van der Waals surface area contributed by atoms with Gasteiger partial charge < -0.3 is 14.6 Å². The maximum atomic E-state index is 10.8. The van der Waals surface area contributed by atoms with E-state index in [2.05, 4.69) is 4.74 Å². The molecular weight excluding hydrogens is 176 g/mol. The molecule has 0 aromatic heterocycles. The average molecular weight is 188 g/mol. The van der Waals surface area contributed by atoms with Crippen molar-refractivity contribution >= 4 is 11.9 Å². The quantitative estimate of drug-likeness (QED) is 0.598. The first kappa shape index (κ1) is 9.98. The molecule has 5 heteroatoms. The van der Waals surface area contributed by atoms with Crippen LogP contribution < -0.4 is 0 Å². The van der Waals surface area contributed by atoms with Gasteiger partial charge in [-0.3, -0.25) is 9.59 Å². The first-order valence-electron chi connectivity index (χ1n) is 4.06. The first-order valence-corrected chi connectivity index (χ1v) is 4.06. The Bertz CT molecular complexity index is 213. The Morgan fingerprint density at radius 2 is 2.46 bits per heavy atom. The summed E-state index contributed by atoms with van der Waals surface area (Å²) in [5.41, 5.74) is 0. The second-order valence-corrected chi connectivity index (χ2v) is 2.99. The molecule has 1 aliphatic rings. The van der Waals surface area contributed by atoms with Crippen molar-refractivity contribution in [1.29, 1.82) is 0 Å². The fraction of sp³-hybridized carbons (Fsp3) is 0.750. The van der Waals surface area contributed by atoms with Gasteiger partial charge in [0.15, 0.2) is 0 Å². The van der Waals surface area contributed by atoms with E-state index < -0.39 is 24.1 Å². The number of esters is 2. The van der Waals surface area contributed by atoms with Gasteiger partial charge in [0.2, 0.25) is 0 Å². The Morgan fingerprint density at radius 3 is 3.00 bits per heavy atom. The summed E-state index contributed by atoms with van der Waals surface area (Å²) in [6.45, 7) is 0. The number of hydrogen-bond donors (Lipinski definition) is 1. The molecule has 2 atom stereocenters. The summed E-state index contributed by atoms with van der Waals surface area (Å²) in [7, 11) is 1.27. The number of carbonyl (C=O) groups is 2. The van der Waals surface area contributed by atoms with Crippen LogP contribution in [0.3, 0.4) is 0 Å². The fourth-order valence-electron chi connectivity index (χ4n) is 1.26. The van der Waals surface area contributed by atoms with Gasteiger partial charge in [0.1, 0.15) is 6.10 Å². The van der Waals surface area contributed by atoms with Crippen molar-refractivity contribution in [3.63, 3.8) is 0 Å². The van der Waals surface area contributed by atoms with E-state index >= 15 is 0 Å². The van der Waals surface area contributed by atoms with Crippen molar-refractivity contribution in [1.82, 2.24) is 0 Å². The van der Waals surface area contributed by atoms with Gasteiger partial charge >= 0.3 is 11.9 Å². The number of hydrogen-bond acceptors (Lipinski definition) is 5. The molecule has 74 valence electrons. The predicted molar refractivity (Wildman–Crippen MR) is 41.8 cm³/mol.